The van der Waals surface area contributed by atoms with Gasteiger partial charge in [0.2, 0.25) is 0 Å². The zero-order valence-electron chi connectivity index (χ0n) is 18.0. The molecule has 4 aromatic rings. The van der Waals surface area contributed by atoms with Crippen molar-refractivity contribution in [1.29, 1.82) is 0 Å². The van der Waals surface area contributed by atoms with Gasteiger partial charge in [-0.2, -0.15) is 5.10 Å². The first kappa shape index (κ1) is 22.0. The molecule has 2 heterocycles. The molecule has 0 aliphatic carbocycles. The molecule has 0 bridgehead atoms. The maximum atomic E-state index is 6.72. The Bertz CT molecular complexity index is 1260. The van der Waals surface area contributed by atoms with E-state index in [2.05, 4.69) is 46.3 Å². The lowest BCUT2D eigenvalue weighted by atomic mass is 10.0. The number of hydrogen-bond donors (Lipinski definition) is 0. The molecule has 0 spiro atoms. The second kappa shape index (κ2) is 9.56. The van der Waals surface area contributed by atoms with Crippen LogP contribution >= 0.6 is 34.5 Å². The molecule has 0 saturated carbocycles. The van der Waals surface area contributed by atoms with E-state index >= 15 is 0 Å². The number of thiazole rings is 1. The Morgan fingerprint density at radius 3 is 2.30 bits per heavy atom. The molecule has 0 radical (unpaired) electrons. The van der Waals surface area contributed by atoms with Crippen LogP contribution in [-0.2, 0) is 6.54 Å². The van der Waals surface area contributed by atoms with Gasteiger partial charge in [-0.1, -0.05) is 95.2 Å². The number of hydrogen-bond acceptors (Lipinski definition) is 5. The molecule has 1 aliphatic heterocycles. The van der Waals surface area contributed by atoms with E-state index < -0.39 is 0 Å². The molecule has 166 valence electrons. The lowest BCUT2D eigenvalue weighted by Crippen LogP contribution is -2.18. The fourth-order valence-electron chi connectivity index (χ4n) is 3.95. The van der Waals surface area contributed by atoms with Crippen molar-refractivity contribution in [2.75, 3.05) is 17.0 Å². The van der Waals surface area contributed by atoms with Gasteiger partial charge in [0.1, 0.15) is 5.15 Å². The molecule has 33 heavy (non-hydrogen) atoms. The van der Waals surface area contributed by atoms with Crippen LogP contribution in [0.25, 0.3) is 0 Å². The Hall–Kier alpha value is -2.86. The van der Waals surface area contributed by atoms with E-state index in [-0.39, 0.29) is 6.04 Å². The van der Waals surface area contributed by atoms with Crippen molar-refractivity contribution < 1.29 is 0 Å². The molecule has 4 nitrogen and oxygen atoms in total. The zero-order valence-corrected chi connectivity index (χ0v) is 20.4. The molecule has 1 aromatic heterocycles. The first-order chi connectivity index (χ1) is 16.1. The van der Waals surface area contributed by atoms with Gasteiger partial charge in [-0.05, 0) is 35.4 Å². The molecule has 7 heteroatoms. The number of aromatic nitrogens is 1. The van der Waals surface area contributed by atoms with Gasteiger partial charge in [-0.3, -0.25) is 5.01 Å². The molecule has 1 atom stereocenters. The largest absolute Gasteiger partial charge is 0.347 e. The Labute approximate surface area is 207 Å². The first-order valence-corrected chi connectivity index (χ1v) is 12.2. The summed E-state index contributed by atoms with van der Waals surface area (Å²) < 4.78 is 0. The Balaban J connectivity index is 1.46. The molecule has 0 fully saturated rings. The van der Waals surface area contributed by atoms with Crippen molar-refractivity contribution >= 4 is 51.1 Å². The molecule has 3 aromatic carbocycles. The quantitative estimate of drug-likeness (QED) is 0.280. The second-order valence-electron chi connectivity index (χ2n) is 7.95. The molecule has 0 saturated heterocycles. The van der Waals surface area contributed by atoms with Crippen LogP contribution in [0.15, 0.2) is 90.0 Å². The number of anilines is 2. The minimum atomic E-state index is -0.0260. The lowest BCUT2D eigenvalue weighted by Gasteiger charge is -2.22. The van der Waals surface area contributed by atoms with Gasteiger partial charge in [0.15, 0.2) is 5.13 Å². The number of rotatable bonds is 6. The highest BCUT2D eigenvalue weighted by Gasteiger charge is 2.33. The molecule has 1 unspecified atom stereocenters. The SMILES string of the molecule is CN(Cc1ccccc1)c1nc(Cl)c(C2CC(c3ccc(Cl)cc3)=NN2c2ccccc2)s1. The molecular formula is C26H22Cl2N4S. The minimum absolute atomic E-state index is 0.0260. The summed E-state index contributed by atoms with van der Waals surface area (Å²) in [5.74, 6) is 0. The predicted molar refractivity (Wildman–Crippen MR) is 140 cm³/mol. The third-order valence-corrected chi connectivity index (χ3v) is 7.52. The fraction of sp³-hybridized carbons (Fsp3) is 0.154. The van der Waals surface area contributed by atoms with E-state index in [4.69, 9.17) is 33.3 Å². The minimum Gasteiger partial charge on any atom is -0.347 e. The Morgan fingerprint density at radius 2 is 1.61 bits per heavy atom. The number of nitrogens with zero attached hydrogens (tertiary/aromatic N) is 4. The van der Waals surface area contributed by atoms with Crippen LogP contribution in [0.5, 0.6) is 0 Å². The predicted octanol–water partition coefficient (Wildman–Crippen LogP) is 7.44. The first-order valence-electron chi connectivity index (χ1n) is 10.7. The van der Waals surface area contributed by atoms with Crippen LogP contribution in [0.2, 0.25) is 10.2 Å². The zero-order chi connectivity index (χ0) is 22.8. The standard InChI is InChI=1S/C26H22Cl2N4S/c1-31(17-18-8-4-2-5-9-18)26-29-25(28)24(33-26)23-16-22(19-12-14-20(27)15-13-19)30-32(23)21-10-6-3-7-11-21/h2-15,23H,16-17H2,1H3. The maximum Gasteiger partial charge on any atom is 0.187 e. The summed E-state index contributed by atoms with van der Waals surface area (Å²) >= 11 is 14.4. The van der Waals surface area contributed by atoms with Gasteiger partial charge in [-0.15, -0.1) is 0 Å². The lowest BCUT2D eigenvalue weighted by molar-refractivity contribution is 0.720. The van der Waals surface area contributed by atoms with E-state index in [9.17, 15) is 0 Å². The highest BCUT2D eigenvalue weighted by atomic mass is 35.5. The van der Waals surface area contributed by atoms with Crippen LogP contribution in [0.1, 0.15) is 28.5 Å². The monoisotopic (exact) mass is 492 g/mol. The molecule has 1 aliphatic rings. The Morgan fingerprint density at radius 1 is 0.939 bits per heavy atom. The summed E-state index contributed by atoms with van der Waals surface area (Å²) in [6.45, 7) is 0.768. The van der Waals surface area contributed by atoms with Crippen LogP contribution in [0.3, 0.4) is 0 Å². The van der Waals surface area contributed by atoms with Crippen molar-refractivity contribution in [3.63, 3.8) is 0 Å². The van der Waals surface area contributed by atoms with Gasteiger partial charge < -0.3 is 4.90 Å². The van der Waals surface area contributed by atoms with Crippen molar-refractivity contribution in [2.24, 2.45) is 5.10 Å². The highest BCUT2D eigenvalue weighted by molar-refractivity contribution is 7.16. The average Bonchev–Trinajstić information content (AvgIpc) is 3.45. The summed E-state index contributed by atoms with van der Waals surface area (Å²) in [5, 5.41) is 9.20. The summed E-state index contributed by atoms with van der Waals surface area (Å²) in [6.07, 6.45) is 0.736. The van der Waals surface area contributed by atoms with Crippen molar-refractivity contribution in [3.05, 3.63) is 111 Å². The summed E-state index contributed by atoms with van der Waals surface area (Å²) in [4.78, 5) is 7.86. The molecule has 5 rings (SSSR count). The second-order valence-corrected chi connectivity index (χ2v) is 9.75. The van der Waals surface area contributed by atoms with Gasteiger partial charge >= 0.3 is 0 Å². The van der Waals surface area contributed by atoms with Gasteiger partial charge in [0.25, 0.3) is 0 Å². The van der Waals surface area contributed by atoms with Crippen molar-refractivity contribution in [3.8, 4) is 0 Å². The number of hydrazone groups is 1. The molecular weight excluding hydrogens is 471 g/mol. The van der Waals surface area contributed by atoms with Crippen LogP contribution in [0, 0.1) is 0 Å². The number of halogens is 2. The summed E-state index contributed by atoms with van der Waals surface area (Å²) in [7, 11) is 2.05. The van der Waals surface area contributed by atoms with Crippen molar-refractivity contribution in [1.82, 2.24) is 4.98 Å². The Kier molecular flexibility index (Phi) is 6.36. The van der Waals surface area contributed by atoms with Crippen LogP contribution < -0.4 is 9.91 Å². The third kappa shape index (κ3) is 4.76. The molecule has 0 amide bonds. The van der Waals surface area contributed by atoms with E-state index in [1.54, 1.807) is 11.3 Å². The van der Waals surface area contributed by atoms with E-state index in [0.29, 0.717) is 10.2 Å². The average molecular weight is 493 g/mol. The molecule has 0 N–H and O–H groups in total. The van der Waals surface area contributed by atoms with E-state index in [1.165, 1.54) is 5.56 Å². The fourth-order valence-corrected chi connectivity index (χ4v) is 5.45. The highest BCUT2D eigenvalue weighted by Crippen LogP contribution is 2.43. The smallest absolute Gasteiger partial charge is 0.187 e. The van der Waals surface area contributed by atoms with E-state index in [0.717, 1.165) is 39.9 Å². The summed E-state index contributed by atoms with van der Waals surface area (Å²) in [5.41, 5.74) is 4.32. The normalized spacial score (nSPS) is 15.5. The van der Waals surface area contributed by atoms with Gasteiger partial charge in [0, 0.05) is 25.0 Å². The van der Waals surface area contributed by atoms with Gasteiger partial charge in [-0.25, -0.2) is 4.98 Å². The number of benzene rings is 3. The van der Waals surface area contributed by atoms with E-state index in [1.807, 2.05) is 55.6 Å². The topological polar surface area (TPSA) is 31.7 Å². The number of para-hydroxylation sites is 1. The maximum absolute atomic E-state index is 6.72. The van der Waals surface area contributed by atoms with Gasteiger partial charge in [0.05, 0.1) is 22.3 Å². The van der Waals surface area contributed by atoms with Crippen LogP contribution in [-0.4, -0.2) is 17.7 Å². The summed E-state index contributed by atoms with van der Waals surface area (Å²) in [6, 6.07) is 28.4. The van der Waals surface area contributed by atoms with Crippen molar-refractivity contribution in [2.45, 2.75) is 19.0 Å². The third-order valence-electron chi connectivity index (χ3n) is 5.60. The van der Waals surface area contributed by atoms with Crippen LogP contribution in [0.4, 0.5) is 10.8 Å².